The summed E-state index contributed by atoms with van der Waals surface area (Å²) >= 11 is 3.83. The highest BCUT2D eigenvalue weighted by molar-refractivity contribution is 14.1. The highest BCUT2D eigenvalue weighted by Gasteiger charge is 2.03. The minimum Gasteiger partial charge on any atom is -0.399 e. The molecule has 10 heavy (non-hydrogen) atoms. The van der Waals surface area contributed by atoms with Gasteiger partial charge < -0.3 is 5.73 Å². The second-order valence-electron chi connectivity index (χ2n) is 1.80. The minimum absolute atomic E-state index is 0.185. The van der Waals surface area contributed by atoms with Crippen molar-refractivity contribution in [3.05, 3.63) is 25.1 Å². The molecule has 0 unspecified atom stereocenters. The zero-order valence-corrected chi connectivity index (χ0v) is 9.18. The fourth-order valence-corrected chi connectivity index (χ4v) is 2.39. The first kappa shape index (κ1) is 8.51. The van der Waals surface area contributed by atoms with Crippen molar-refractivity contribution >= 4 is 50.9 Å². The van der Waals surface area contributed by atoms with Crippen LogP contribution >= 0.6 is 45.2 Å². The molecule has 0 fully saturated rings. The molecule has 0 heterocycles. The highest BCUT2D eigenvalue weighted by Crippen LogP contribution is 2.20. The van der Waals surface area contributed by atoms with Gasteiger partial charge in [-0.05, 0) is 57.3 Å². The van der Waals surface area contributed by atoms with Crippen LogP contribution in [0.3, 0.4) is 0 Å². The first-order valence-corrected chi connectivity index (χ1v) is 4.67. The molecule has 0 spiro atoms. The first-order valence-electron chi connectivity index (χ1n) is 2.51. The molecule has 0 atom stereocenters. The van der Waals surface area contributed by atoms with Gasteiger partial charge in [0.05, 0.1) is 7.14 Å². The van der Waals surface area contributed by atoms with E-state index in [-0.39, 0.29) is 5.82 Å². The largest absolute Gasteiger partial charge is 0.399 e. The van der Waals surface area contributed by atoms with Gasteiger partial charge in [-0.1, -0.05) is 0 Å². The fraction of sp³-hybridized carbons (Fsp3) is 0. The number of benzene rings is 1. The highest BCUT2D eigenvalue weighted by atomic mass is 127. The lowest BCUT2D eigenvalue weighted by atomic mass is 10.3. The first-order chi connectivity index (χ1) is 4.61. The molecule has 0 bridgehead atoms. The van der Waals surface area contributed by atoms with E-state index in [1.807, 2.05) is 45.2 Å². The van der Waals surface area contributed by atoms with Crippen molar-refractivity contribution in [1.29, 1.82) is 0 Å². The average Bonchev–Trinajstić information content (AvgIpc) is 1.82. The molecule has 1 rings (SSSR count). The van der Waals surface area contributed by atoms with E-state index in [9.17, 15) is 4.39 Å². The number of nitrogens with two attached hydrogens (primary N) is 1. The maximum atomic E-state index is 12.8. The Hall–Kier alpha value is 0.410. The third-order valence-corrected chi connectivity index (χ3v) is 2.58. The number of nitrogen functional groups attached to an aromatic ring is 1. The lowest BCUT2D eigenvalue weighted by Gasteiger charge is -1.98. The number of rotatable bonds is 0. The van der Waals surface area contributed by atoms with Crippen LogP contribution in [-0.4, -0.2) is 0 Å². The molecular weight excluding hydrogens is 359 g/mol. The van der Waals surface area contributed by atoms with E-state index < -0.39 is 0 Å². The maximum Gasteiger partial charge on any atom is 0.149 e. The Morgan fingerprint density at radius 2 is 1.60 bits per heavy atom. The normalized spacial score (nSPS) is 9.90. The van der Waals surface area contributed by atoms with Gasteiger partial charge in [-0.25, -0.2) is 4.39 Å². The quantitative estimate of drug-likeness (QED) is 0.428. The molecule has 0 aliphatic heterocycles. The molecular formula is C6H4FI2N. The topological polar surface area (TPSA) is 26.0 Å². The molecule has 1 aromatic rings. The van der Waals surface area contributed by atoms with Crippen molar-refractivity contribution in [2.75, 3.05) is 5.73 Å². The molecule has 0 radical (unpaired) electrons. The average molecular weight is 363 g/mol. The molecule has 0 amide bonds. The summed E-state index contributed by atoms with van der Waals surface area (Å²) in [4.78, 5) is 0. The molecule has 0 aromatic heterocycles. The second-order valence-corrected chi connectivity index (χ2v) is 4.12. The van der Waals surface area contributed by atoms with Crippen LogP contribution in [0.2, 0.25) is 0 Å². The van der Waals surface area contributed by atoms with Crippen molar-refractivity contribution in [3.8, 4) is 0 Å². The smallest absolute Gasteiger partial charge is 0.149 e. The van der Waals surface area contributed by atoms with Crippen molar-refractivity contribution in [2.24, 2.45) is 0 Å². The van der Waals surface area contributed by atoms with Crippen molar-refractivity contribution in [3.63, 3.8) is 0 Å². The standard InChI is InChI=1S/C6H4FI2N/c7-6-4(8)1-3(10)2-5(6)9/h1-2H,10H2. The van der Waals surface area contributed by atoms with Crippen LogP contribution in [0.1, 0.15) is 0 Å². The molecule has 0 saturated heterocycles. The monoisotopic (exact) mass is 363 g/mol. The van der Waals surface area contributed by atoms with Crippen LogP contribution in [-0.2, 0) is 0 Å². The lowest BCUT2D eigenvalue weighted by Crippen LogP contribution is -1.91. The number of hydrogen-bond acceptors (Lipinski definition) is 1. The summed E-state index contributed by atoms with van der Waals surface area (Å²) < 4.78 is 14.0. The Balaban J connectivity index is 3.31. The van der Waals surface area contributed by atoms with Crippen molar-refractivity contribution in [1.82, 2.24) is 0 Å². The van der Waals surface area contributed by atoms with Crippen LogP contribution < -0.4 is 5.73 Å². The van der Waals surface area contributed by atoms with E-state index in [0.717, 1.165) is 0 Å². The summed E-state index contributed by atoms with van der Waals surface area (Å²) in [5, 5.41) is 0. The Morgan fingerprint density at radius 1 is 1.20 bits per heavy atom. The molecule has 0 aliphatic carbocycles. The van der Waals surface area contributed by atoms with Gasteiger partial charge in [0.1, 0.15) is 5.82 Å². The second kappa shape index (κ2) is 3.21. The van der Waals surface area contributed by atoms with Gasteiger partial charge in [-0.3, -0.25) is 0 Å². The van der Waals surface area contributed by atoms with E-state index >= 15 is 0 Å². The van der Waals surface area contributed by atoms with Gasteiger partial charge in [0.15, 0.2) is 0 Å². The zero-order valence-electron chi connectivity index (χ0n) is 4.87. The Bertz CT molecular complexity index is 239. The van der Waals surface area contributed by atoms with E-state index in [2.05, 4.69) is 0 Å². The van der Waals surface area contributed by atoms with Crippen molar-refractivity contribution in [2.45, 2.75) is 0 Å². The number of hydrogen-bond donors (Lipinski definition) is 1. The van der Waals surface area contributed by atoms with Crippen molar-refractivity contribution < 1.29 is 4.39 Å². The van der Waals surface area contributed by atoms with Gasteiger partial charge in [-0.15, -0.1) is 0 Å². The van der Waals surface area contributed by atoms with E-state index in [1.165, 1.54) is 0 Å². The maximum absolute atomic E-state index is 12.8. The number of anilines is 1. The molecule has 0 aliphatic rings. The summed E-state index contributed by atoms with van der Waals surface area (Å²) in [6.07, 6.45) is 0. The summed E-state index contributed by atoms with van der Waals surface area (Å²) in [5.74, 6) is -0.185. The van der Waals surface area contributed by atoms with Crippen LogP contribution in [0, 0.1) is 13.0 Å². The summed E-state index contributed by atoms with van der Waals surface area (Å²) in [5.41, 5.74) is 6.06. The molecule has 54 valence electrons. The van der Waals surface area contributed by atoms with Gasteiger partial charge >= 0.3 is 0 Å². The molecule has 1 nitrogen and oxygen atoms in total. The Kier molecular flexibility index (Phi) is 2.73. The van der Waals surface area contributed by atoms with E-state index in [4.69, 9.17) is 5.73 Å². The van der Waals surface area contributed by atoms with Gasteiger partial charge in [0.2, 0.25) is 0 Å². The van der Waals surface area contributed by atoms with Gasteiger partial charge in [0.25, 0.3) is 0 Å². The summed E-state index contributed by atoms with van der Waals surface area (Å²) in [7, 11) is 0. The fourth-order valence-electron chi connectivity index (χ4n) is 0.575. The van der Waals surface area contributed by atoms with E-state index in [1.54, 1.807) is 12.1 Å². The third kappa shape index (κ3) is 1.71. The van der Waals surface area contributed by atoms with E-state index in [0.29, 0.717) is 12.8 Å². The van der Waals surface area contributed by atoms with Crippen LogP contribution in [0.4, 0.5) is 10.1 Å². The third-order valence-electron chi connectivity index (χ3n) is 1.01. The zero-order chi connectivity index (χ0) is 7.72. The van der Waals surface area contributed by atoms with Crippen LogP contribution in [0.5, 0.6) is 0 Å². The summed E-state index contributed by atoms with van der Waals surface area (Å²) in [6.45, 7) is 0. The predicted octanol–water partition coefficient (Wildman–Crippen LogP) is 2.62. The number of halogens is 3. The minimum atomic E-state index is -0.185. The van der Waals surface area contributed by atoms with Gasteiger partial charge in [-0.2, -0.15) is 0 Å². The Labute approximate surface area is 85.5 Å². The predicted molar refractivity (Wildman–Crippen MR) is 56.2 cm³/mol. The molecule has 0 saturated carbocycles. The van der Waals surface area contributed by atoms with Crippen LogP contribution in [0.15, 0.2) is 12.1 Å². The van der Waals surface area contributed by atoms with Gasteiger partial charge in [0, 0.05) is 5.69 Å². The SMILES string of the molecule is Nc1cc(I)c(F)c(I)c1. The molecule has 4 heteroatoms. The van der Waals surface area contributed by atoms with Crippen LogP contribution in [0.25, 0.3) is 0 Å². The molecule has 1 aromatic carbocycles. The molecule has 2 N–H and O–H groups in total. The lowest BCUT2D eigenvalue weighted by molar-refractivity contribution is 0.613. The summed E-state index contributed by atoms with van der Waals surface area (Å²) in [6, 6.07) is 3.22. The Morgan fingerprint density at radius 3 is 2.00 bits per heavy atom.